The third kappa shape index (κ3) is 11.3. The maximum Gasteiger partial charge on any atom is 0.408 e. The molecule has 0 aliphatic heterocycles. The Morgan fingerprint density at radius 1 is 0.936 bits per heavy atom. The van der Waals surface area contributed by atoms with Gasteiger partial charge >= 0.3 is 6.09 Å². The zero-order valence-corrected chi connectivity index (χ0v) is 28.8. The van der Waals surface area contributed by atoms with Gasteiger partial charge in [-0.3, -0.25) is 9.59 Å². The molecular weight excluding hydrogens is 590 g/mol. The van der Waals surface area contributed by atoms with E-state index in [9.17, 15) is 19.5 Å². The number of amides is 3. The molecule has 3 aromatic carbocycles. The maximum atomic E-state index is 14.8. The highest BCUT2D eigenvalue weighted by Crippen LogP contribution is 2.29. The van der Waals surface area contributed by atoms with E-state index in [-0.39, 0.29) is 18.1 Å². The molecule has 8 heteroatoms. The third-order valence-electron chi connectivity index (χ3n) is 7.90. The summed E-state index contributed by atoms with van der Waals surface area (Å²) in [5, 5.41) is 15.8. The molecule has 2 unspecified atom stereocenters. The summed E-state index contributed by atoms with van der Waals surface area (Å²) < 4.78 is 5.56. The van der Waals surface area contributed by atoms with Crippen LogP contribution in [0, 0.1) is 13.8 Å². The first-order valence-corrected chi connectivity index (χ1v) is 16.5. The normalized spacial score (nSPS) is 12.5. The molecule has 0 aromatic heterocycles. The molecule has 252 valence electrons. The maximum absolute atomic E-state index is 14.8. The fourth-order valence-corrected chi connectivity index (χ4v) is 5.50. The fourth-order valence-electron chi connectivity index (χ4n) is 5.50. The molecule has 3 N–H and O–H groups in total. The van der Waals surface area contributed by atoms with Gasteiger partial charge in [0.15, 0.2) is 0 Å². The monoisotopic (exact) mass is 641 g/mol. The number of benzene rings is 3. The minimum absolute atomic E-state index is 0.0933. The van der Waals surface area contributed by atoms with E-state index in [4.69, 9.17) is 4.74 Å². The summed E-state index contributed by atoms with van der Waals surface area (Å²) in [6.45, 7) is 15.5. The van der Waals surface area contributed by atoms with Gasteiger partial charge in [0, 0.05) is 18.7 Å². The number of carbonyl (C=O) groups is 3. The predicted molar refractivity (Wildman–Crippen MR) is 189 cm³/mol. The third-order valence-corrected chi connectivity index (χ3v) is 7.90. The van der Waals surface area contributed by atoms with Crippen LogP contribution in [-0.2, 0) is 20.7 Å². The second-order valence-corrected chi connectivity index (χ2v) is 13.0. The van der Waals surface area contributed by atoms with E-state index in [1.807, 2.05) is 56.3 Å². The Hall–Kier alpha value is -4.59. The number of nitrogens with one attached hydrogen (secondary N) is 2. The average molecular weight is 642 g/mol. The number of ether oxygens (including phenoxy) is 1. The largest absolute Gasteiger partial charge is 0.508 e. The van der Waals surface area contributed by atoms with Gasteiger partial charge in [0.1, 0.15) is 23.4 Å². The van der Waals surface area contributed by atoms with Gasteiger partial charge in [0.25, 0.3) is 5.91 Å². The van der Waals surface area contributed by atoms with Crippen LogP contribution in [0.25, 0.3) is 6.08 Å². The first kappa shape index (κ1) is 36.9. The minimum Gasteiger partial charge on any atom is -0.508 e. The van der Waals surface area contributed by atoms with Crippen molar-refractivity contribution in [3.63, 3.8) is 0 Å². The Labute approximate surface area is 280 Å². The van der Waals surface area contributed by atoms with Crippen LogP contribution in [0.1, 0.15) is 93.7 Å². The Morgan fingerprint density at radius 2 is 1.57 bits per heavy atom. The van der Waals surface area contributed by atoms with E-state index >= 15 is 0 Å². The number of phenolic OH excluding ortho intramolecular Hbond substituents is 1. The SMILES string of the molecule is C=Cc1cccc(C(C(=O)Nc2c(C)cccc2C)N(CCCCCCC)C(=O)C(Cc2ccc(O)cc2)NC(=O)OC(C)(C)C)c1. The van der Waals surface area contributed by atoms with Crippen molar-refractivity contribution < 1.29 is 24.2 Å². The molecule has 3 rings (SSSR count). The summed E-state index contributed by atoms with van der Waals surface area (Å²) in [5.74, 6) is -0.674. The molecule has 0 aliphatic rings. The molecule has 0 saturated carbocycles. The van der Waals surface area contributed by atoms with Crippen molar-refractivity contribution in [3.8, 4) is 5.75 Å². The smallest absolute Gasteiger partial charge is 0.408 e. The summed E-state index contributed by atoms with van der Waals surface area (Å²) in [5.41, 5.74) is 3.91. The van der Waals surface area contributed by atoms with Crippen molar-refractivity contribution in [2.24, 2.45) is 0 Å². The van der Waals surface area contributed by atoms with E-state index in [2.05, 4.69) is 24.1 Å². The molecule has 0 fully saturated rings. The summed E-state index contributed by atoms with van der Waals surface area (Å²) in [7, 11) is 0. The van der Waals surface area contributed by atoms with Gasteiger partial charge in [0.05, 0.1) is 0 Å². The molecule has 2 atom stereocenters. The number of alkyl carbamates (subject to hydrolysis) is 1. The molecule has 3 amide bonds. The van der Waals surface area contributed by atoms with E-state index in [1.165, 1.54) is 12.1 Å². The number of nitrogens with zero attached hydrogens (tertiary/aromatic N) is 1. The van der Waals surface area contributed by atoms with Gasteiger partial charge in [-0.2, -0.15) is 0 Å². The number of phenols is 1. The van der Waals surface area contributed by atoms with Crippen LogP contribution >= 0.6 is 0 Å². The highest BCUT2D eigenvalue weighted by molar-refractivity contribution is 6.00. The molecule has 47 heavy (non-hydrogen) atoms. The van der Waals surface area contributed by atoms with Crippen LogP contribution in [0.15, 0.2) is 73.3 Å². The van der Waals surface area contributed by atoms with E-state index in [0.717, 1.165) is 47.9 Å². The molecule has 0 heterocycles. The number of aromatic hydroxyl groups is 1. The standard InChI is InChI=1S/C39H51N3O5/c1-8-10-11-12-13-24-42(37(45)33(40-38(46)47-39(5,6)7)26-30-20-22-32(43)23-21-30)35(31-19-15-18-29(9-2)25-31)36(44)41-34-27(3)16-14-17-28(34)4/h9,14-23,25,33,35,43H,2,8,10-13,24,26H2,1,3-7H3,(H,40,46)(H,41,44). The number of rotatable bonds is 15. The fraction of sp³-hybridized carbons (Fsp3) is 0.410. The van der Waals surface area contributed by atoms with Crippen molar-refractivity contribution in [2.45, 2.75) is 97.8 Å². The topological polar surface area (TPSA) is 108 Å². The van der Waals surface area contributed by atoms with Crippen LogP contribution < -0.4 is 10.6 Å². The summed E-state index contributed by atoms with van der Waals surface area (Å²) in [6.07, 6.45) is 5.83. The number of aryl methyl sites for hydroxylation is 2. The highest BCUT2D eigenvalue weighted by Gasteiger charge is 2.36. The second-order valence-electron chi connectivity index (χ2n) is 13.0. The van der Waals surface area contributed by atoms with E-state index < -0.39 is 29.7 Å². The second kappa shape index (κ2) is 17.4. The van der Waals surface area contributed by atoms with Crippen molar-refractivity contribution in [1.29, 1.82) is 0 Å². The van der Waals surface area contributed by atoms with Gasteiger partial charge in [-0.15, -0.1) is 0 Å². The van der Waals surface area contributed by atoms with Gasteiger partial charge in [-0.1, -0.05) is 93.8 Å². The summed E-state index contributed by atoms with van der Waals surface area (Å²) >= 11 is 0. The van der Waals surface area contributed by atoms with Gasteiger partial charge < -0.3 is 25.4 Å². The van der Waals surface area contributed by atoms with E-state index in [1.54, 1.807) is 43.9 Å². The molecule has 0 spiro atoms. The lowest BCUT2D eigenvalue weighted by atomic mass is 9.97. The quantitative estimate of drug-likeness (QED) is 0.145. The van der Waals surface area contributed by atoms with Crippen molar-refractivity contribution in [3.05, 3.63) is 101 Å². The molecule has 8 nitrogen and oxygen atoms in total. The Kier molecular flexibility index (Phi) is 13.6. The summed E-state index contributed by atoms with van der Waals surface area (Å²) in [6, 6.07) is 17.7. The number of para-hydroxylation sites is 1. The molecule has 0 bridgehead atoms. The zero-order chi connectivity index (χ0) is 34.6. The predicted octanol–water partition coefficient (Wildman–Crippen LogP) is 8.27. The van der Waals surface area contributed by atoms with Crippen LogP contribution in [-0.4, -0.2) is 46.1 Å². The van der Waals surface area contributed by atoms with Crippen molar-refractivity contribution >= 4 is 29.7 Å². The summed E-state index contributed by atoms with van der Waals surface area (Å²) in [4.78, 5) is 44.0. The lowest BCUT2D eigenvalue weighted by molar-refractivity contribution is -0.140. The van der Waals surface area contributed by atoms with Crippen molar-refractivity contribution in [1.82, 2.24) is 10.2 Å². The van der Waals surface area contributed by atoms with Gasteiger partial charge in [-0.05, 0) is 87.1 Å². The number of anilines is 1. The Bertz CT molecular complexity index is 1490. The first-order valence-electron chi connectivity index (χ1n) is 16.5. The van der Waals surface area contributed by atoms with Crippen LogP contribution in [0.3, 0.4) is 0 Å². The molecule has 3 aromatic rings. The lowest BCUT2D eigenvalue weighted by Gasteiger charge is -2.35. The Balaban J connectivity index is 2.12. The zero-order valence-electron chi connectivity index (χ0n) is 28.8. The number of hydrogen-bond acceptors (Lipinski definition) is 5. The van der Waals surface area contributed by atoms with Gasteiger partial charge in [0.2, 0.25) is 5.91 Å². The van der Waals surface area contributed by atoms with Gasteiger partial charge in [-0.25, -0.2) is 4.79 Å². The van der Waals surface area contributed by atoms with Crippen molar-refractivity contribution in [2.75, 3.05) is 11.9 Å². The van der Waals surface area contributed by atoms with Crippen LogP contribution in [0.5, 0.6) is 5.75 Å². The minimum atomic E-state index is -1.05. The molecular formula is C39H51N3O5. The number of carbonyl (C=O) groups excluding carboxylic acids is 3. The first-order chi connectivity index (χ1) is 22.3. The number of unbranched alkanes of at least 4 members (excludes halogenated alkanes) is 4. The Morgan fingerprint density at radius 3 is 2.19 bits per heavy atom. The van der Waals surface area contributed by atoms with Crippen LogP contribution in [0.2, 0.25) is 0 Å². The lowest BCUT2D eigenvalue weighted by Crippen LogP contribution is -2.53. The highest BCUT2D eigenvalue weighted by atomic mass is 16.6. The van der Waals surface area contributed by atoms with E-state index in [0.29, 0.717) is 24.2 Å². The molecule has 0 saturated heterocycles. The van der Waals surface area contributed by atoms with Crippen LogP contribution in [0.4, 0.5) is 10.5 Å². The number of hydrogen-bond donors (Lipinski definition) is 3. The molecule has 0 radical (unpaired) electrons. The average Bonchev–Trinajstić information content (AvgIpc) is 3.01. The molecule has 0 aliphatic carbocycles.